The van der Waals surface area contributed by atoms with Gasteiger partial charge in [0.25, 0.3) is 0 Å². The van der Waals surface area contributed by atoms with E-state index in [0.29, 0.717) is 5.54 Å². The molecule has 0 aromatic carbocycles. The van der Waals surface area contributed by atoms with E-state index in [0.717, 1.165) is 13.0 Å². The molecule has 0 saturated heterocycles. The number of aromatic nitrogens is 1. The molecule has 2 rings (SSSR count). The largest absolute Gasteiger partial charge is 0.306 e. The van der Waals surface area contributed by atoms with Crippen LogP contribution in [-0.2, 0) is 13.0 Å². The quantitative estimate of drug-likeness (QED) is 0.831. The molecular formula is C12H20N2S. The van der Waals surface area contributed by atoms with Crippen LogP contribution in [-0.4, -0.2) is 10.5 Å². The van der Waals surface area contributed by atoms with Crippen LogP contribution in [0.3, 0.4) is 0 Å². The highest BCUT2D eigenvalue weighted by Gasteiger charge is 2.34. The summed E-state index contributed by atoms with van der Waals surface area (Å²) in [5, 5.41) is 4.96. The average molecular weight is 224 g/mol. The third-order valence-corrected chi connectivity index (χ3v) is 4.67. The maximum absolute atomic E-state index is 4.38. The predicted octanol–water partition coefficient (Wildman–Crippen LogP) is 3.13. The van der Waals surface area contributed by atoms with Gasteiger partial charge in [0.15, 0.2) is 0 Å². The van der Waals surface area contributed by atoms with E-state index in [-0.39, 0.29) is 0 Å². The van der Waals surface area contributed by atoms with Crippen molar-refractivity contribution in [3.05, 3.63) is 16.1 Å². The minimum atomic E-state index is 0.455. The van der Waals surface area contributed by atoms with E-state index >= 15 is 0 Å². The number of hydrogen-bond donors (Lipinski definition) is 1. The van der Waals surface area contributed by atoms with Crippen LogP contribution in [0.15, 0.2) is 6.20 Å². The van der Waals surface area contributed by atoms with Gasteiger partial charge in [-0.2, -0.15) is 0 Å². The Morgan fingerprint density at radius 1 is 1.47 bits per heavy atom. The van der Waals surface area contributed by atoms with Crippen LogP contribution in [0.1, 0.15) is 49.4 Å². The van der Waals surface area contributed by atoms with Crippen LogP contribution in [0.5, 0.6) is 0 Å². The first kappa shape index (κ1) is 11.1. The summed E-state index contributed by atoms with van der Waals surface area (Å²) in [6.07, 6.45) is 8.43. The van der Waals surface area contributed by atoms with Crippen LogP contribution in [0, 0.1) is 0 Å². The van der Waals surface area contributed by atoms with E-state index in [9.17, 15) is 0 Å². The Labute approximate surface area is 96.1 Å². The van der Waals surface area contributed by atoms with Crippen molar-refractivity contribution in [2.24, 2.45) is 0 Å². The molecule has 1 aliphatic rings. The Hall–Kier alpha value is -0.410. The van der Waals surface area contributed by atoms with Gasteiger partial charge >= 0.3 is 0 Å². The van der Waals surface area contributed by atoms with Crippen LogP contribution in [0.4, 0.5) is 0 Å². The lowest BCUT2D eigenvalue weighted by molar-refractivity contribution is 0.176. The Morgan fingerprint density at radius 3 is 2.73 bits per heavy atom. The Morgan fingerprint density at radius 2 is 2.27 bits per heavy atom. The number of nitrogens with zero attached hydrogens (tertiary/aromatic N) is 1. The maximum atomic E-state index is 4.38. The molecule has 1 aliphatic carbocycles. The van der Waals surface area contributed by atoms with Crippen molar-refractivity contribution in [1.82, 2.24) is 10.3 Å². The normalized spacial score (nSPS) is 18.8. The number of nitrogens with one attached hydrogen (secondary N) is 1. The fraction of sp³-hybridized carbons (Fsp3) is 0.750. The number of thiazole rings is 1. The summed E-state index contributed by atoms with van der Waals surface area (Å²) >= 11 is 1.85. The SMILES string of the molecule is CCc1ncc(CNC2(CC)CCC2)s1. The zero-order valence-corrected chi connectivity index (χ0v) is 10.5. The molecule has 15 heavy (non-hydrogen) atoms. The highest BCUT2D eigenvalue weighted by Crippen LogP contribution is 2.35. The minimum Gasteiger partial charge on any atom is -0.306 e. The summed E-state index contributed by atoms with van der Waals surface area (Å²) in [7, 11) is 0. The fourth-order valence-electron chi connectivity index (χ4n) is 2.13. The first-order valence-electron chi connectivity index (χ1n) is 5.96. The molecule has 0 atom stereocenters. The van der Waals surface area contributed by atoms with Gasteiger partial charge in [0.1, 0.15) is 0 Å². The molecule has 0 spiro atoms. The van der Waals surface area contributed by atoms with Crippen molar-refractivity contribution < 1.29 is 0 Å². The maximum Gasteiger partial charge on any atom is 0.0925 e. The zero-order valence-electron chi connectivity index (χ0n) is 9.68. The molecule has 2 nitrogen and oxygen atoms in total. The first-order valence-corrected chi connectivity index (χ1v) is 6.78. The van der Waals surface area contributed by atoms with Crippen LogP contribution >= 0.6 is 11.3 Å². The molecule has 1 aromatic heterocycles. The monoisotopic (exact) mass is 224 g/mol. The summed E-state index contributed by atoms with van der Waals surface area (Å²) in [4.78, 5) is 5.76. The summed E-state index contributed by atoms with van der Waals surface area (Å²) in [6.45, 7) is 5.46. The number of hydrogen-bond acceptors (Lipinski definition) is 3. The second-order valence-electron chi connectivity index (χ2n) is 4.41. The highest BCUT2D eigenvalue weighted by atomic mass is 32.1. The van der Waals surface area contributed by atoms with Crippen molar-refractivity contribution in [2.75, 3.05) is 0 Å². The third kappa shape index (κ3) is 2.40. The molecule has 0 radical (unpaired) electrons. The van der Waals surface area contributed by atoms with Gasteiger partial charge in [0.05, 0.1) is 5.01 Å². The molecule has 0 unspecified atom stereocenters. The minimum absolute atomic E-state index is 0.455. The smallest absolute Gasteiger partial charge is 0.0925 e. The Balaban J connectivity index is 1.86. The predicted molar refractivity (Wildman–Crippen MR) is 65.2 cm³/mol. The van der Waals surface area contributed by atoms with Gasteiger partial charge in [-0.3, -0.25) is 0 Å². The Kier molecular flexibility index (Phi) is 3.42. The van der Waals surface area contributed by atoms with Crippen molar-refractivity contribution in [3.8, 4) is 0 Å². The van der Waals surface area contributed by atoms with Gasteiger partial charge in [-0.25, -0.2) is 4.98 Å². The molecule has 1 fully saturated rings. The van der Waals surface area contributed by atoms with Gasteiger partial charge in [0.2, 0.25) is 0 Å². The molecule has 0 amide bonds. The molecule has 1 heterocycles. The lowest BCUT2D eigenvalue weighted by Crippen LogP contribution is -2.49. The second-order valence-corrected chi connectivity index (χ2v) is 5.61. The molecule has 1 N–H and O–H groups in total. The lowest BCUT2D eigenvalue weighted by atomic mass is 9.75. The van der Waals surface area contributed by atoms with E-state index in [1.165, 1.54) is 35.6 Å². The van der Waals surface area contributed by atoms with Gasteiger partial charge in [-0.05, 0) is 32.1 Å². The van der Waals surface area contributed by atoms with Crippen molar-refractivity contribution >= 4 is 11.3 Å². The van der Waals surface area contributed by atoms with Gasteiger partial charge in [-0.1, -0.05) is 13.8 Å². The van der Waals surface area contributed by atoms with E-state index in [4.69, 9.17) is 0 Å². The summed E-state index contributed by atoms with van der Waals surface area (Å²) < 4.78 is 0. The van der Waals surface area contributed by atoms with E-state index in [1.807, 2.05) is 17.5 Å². The van der Waals surface area contributed by atoms with Crippen molar-refractivity contribution in [1.29, 1.82) is 0 Å². The number of rotatable bonds is 5. The molecule has 3 heteroatoms. The van der Waals surface area contributed by atoms with Crippen LogP contribution in [0.25, 0.3) is 0 Å². The molecule has 84 valence electrons. The van der Waals surface area contributed by atoms with Crippen molar-refractivity contribution in [3.63, 3.8) is 0 Å². The summed E-state index contributed by atoms with van der Waals surface area (Å²) in [6, 6.07) is 0. The highest BCUT2D eigenvalue weighted by molar-refractivity contribution is 7.11. The van der Waals surface area contributed by atoms with Gasteiger partial charge < -0.3 is 5.32 Å². The molecule has 0 aliphatic heterocycles. The third-order valence-electron chi connectivity index (χ3n) is 3.53. The zero-order chi connectivity index (χ0) is 10.7. The molecule has 0 bridgehead atoms. The fourth-order valence-corrected chi connectivity index (χ4v) is 2.93. The summed E-state index contributed by atoms with van der Waals surface area (Å²) in [5.41, 5.74) is 0.455. The molecule has 1 aromatic rings. The first-order chi connectivity index (χ1) is 7.28. The van der Waals surface area contributed by atoms with E-state index in [2.05, 4.69) is 24.1 Å². The standard InChI is InChI=1S/C12H20N2S/c1-3-11-13-8-10(15-11)9-14-12(4-2)6-5-7-12/h8,14H,3-7,9H2,1-2H3. The van der Waals surface area contributed by atoms with E-state index < -0.39 is 0 Å². The molecular weight excluding hydrogens is 204 g/mol. The van der Waals surface area contributed by atoms with Gasteiger partial charge in [0, 0.05) is 23.2 Å². The Bertz CT molecular complexity index is 310. The number of aryl methyl sites for hydroxylation is 1. The second kappa shape index (κ2) is 4.62. The summed E-state index contributed by atoms with van der Waals surface area (Å²) in [5.74, 6) is 0. The lowest BCUT2D eigenvalue weighted by Gasteiger charge is -2.42. The average Bonchev–Trinajstić information content (AvgIpc) is 2.65. The van der Waals surface area contributed by atoms with Crippen LogP contribution in [0.2, 0.25) is 0 Å². The van der Waals surface area contributed by atoms with Gasteiger partial charge in [-0.15, -0.1) is 11.3 Å². The van der Waals surface area contributed by atoms with Crippen LogP contribution < -0.4 is 5.32 Å². The van der Waals surface area contributed by atoms with E-state index in [1.54, 1.807) is 0 Å². The van der Waals surface area contributed by atoms with Crippen molar-refractivity contribution in [2.45, 2.75) is 58.0 Å². The topological polar surface area (TPSA) is 24.9 Å². The molecule has 1 saturated carbocycles.